The van der Waals surface area contributed by atoms with Gasteiger partial charge in [0.05, 0.1) is 12.5 Å². The van der Waals surface area contributed by atoms with Gasteiger partial charge in [-0.1, -0.05) is 31.2 Å². The molecule has 6 heteroatoms. The number of nitrogens with zero attached hydrogens (tertiary/aromatic N) is 3. The van der Waals surface area contributed by atoms with Crippen LogP contribution in [-0.2, 0) is 22.6 Å². The molecule has 2 saturated heterocycles. The lowest BCUT2D eigenvalue weighted by molar-refractivity contribution is -0.149. The van der Waals surface area contributed by atoms with Crippen molar-refractivity contribution in [3.05, 3.63) is 35.4 Å². The first-order valence-corrected chi connectivity index (χ1v) is 11.5. The lowest BCUT2D eigenvalue weighted by atomic mass is 9.97. The average molecular weight is 415 g/mol. The zero-order chi connectivity index (χ0) is 21.3. The minimum absolute atomic E-state index is 0.0220. The fourth-order valence-electron chi connectivity index (χ4n) is 4.42. The van der Waals surface area contributed by atoms with Crippen molar-refractivity contribution in [1.82, 2.24) is 15.1 Å². The maximum absolute atomic E-state index is 12.0. The third kappa shape index (κ3) is 6.46. The van der Waals surface area contributed by atoms with Gasteiger partial charge in [0, 0.05) is 33.2 Å². The molecular formula is C24H38N4O2. The lowest BCUT2D eigenvalue weighted by Crippen LogP contribution is -2.46. The van der Waals surface area contributed by atoms with Crippen molar-refractivity contribution in [1.29, 1.82) is 0 Å². The summed E-state index contributed by atoms with van der Waals surface area (Å²) in [6.07, 6.45) is 4.27. The van der Waals surface area contributed by atoms with Gasteiger partial charge in [0.15, 0.2) is 5.96 Å². The van der Waals surface area contributed by atoms with E-state index in [0.717, 1.165) is 50.9 Å². The van der Waals surface area contributed by atoms with Crippen LogP contribution in [-0.4, -0.2) is 61.6 Å². The molecule has 0 atom stereocenters. The number of guanidine groups is 1. The number of aliphatic imine (C=N–C) groups is 1. The summed E-state index contributed by atoms with van der Waals surface area (Å²) < 4.78 is 5.17. The van der Waals surface area contributed by atoms with Crippen LogP contribution in [0.25, 0.3) is 0 Å². The Labute approximate surface area is 181 Å². The Morgan fingerprint density at radius 1 is 1.13 bits per heavy atom. The van der Waals surface area contributed by atoms with Crippen LogP contribution in [0, 0.1) is 11.8 Å². The van der Waals surface area contributed by atoms with Crippen LogP contribution in [0.15, 0.2) is 29.3 Å². The van der Waals surface area contributed by atoms with Crippen molar-refractivity contribution >= 4 is 11.9 Å². The van der Waals surface area contributed by atoms with Crippen molar-refractivity contribution in [2.24, 2.45) is 16.8 Å². The molecule has 0 spiro atoms. The molecule has 0 amide bonds. The lowest BCUT2D eigenvalue weighted by Gasteiger charge is -2.33. The fraction of sp³-hybridized carbons (Fsp3) is 0.667. The molecule has 2 heterocycles. The highest BCUT2D eigenvalue weighted by molar-refractivity contribution is 5.80. The standard InChI is InChI=1S/C24H38N4O2/c1-4-30-23(29)22-10-14-28(15-11-22)24(25-3)26-17-20-6-5-7-21(16-20)18-27-12-8-19(2)9-13-27/h5-7,16,19,22H,4,8-15,17-18H2,1-3H3,(H,25,26). The summed E-state index contributed by atoms with van der Waals surface area (Å²) in [6.45, 7) is 10.5. The first kappa shape index (κ1) is 22.6. The molecule has 0 unspecified atom stereocenters. The molecule has 1 aromatic rings. The van der Waals surface area contributed by atoms with Crippen LogP contribution >= 0.6 is 0 Å². The minimum atomic E-state index is -0.0555. The molecule has 166 valence electrons. The largest absolute Gasteiger partial charge is 0.466 e. The maximum Gasteiger partial charge on any atom is 0.309 e. The highest BCUT2D eigenvalue weighted by Gasteiger charge is 2.27. The Kier molecular flexibility index (Phi) is 8.55. The van der Waals surface area contributed by atoms with Gasteiger partial charge < -0.3 is 15.0 Å². The number of hydrogen-bond donors (Lipinski definition) is 1. The minimum Gasteiger partial charge on any atom is -0.466 e. The fourth-order valence-corrected chi connectivity index (χ4v) is 4.42. The Hall–Kier alpha value is -2.08. The quantitative estimate of drug-likeness (QED) is 0.440. The van der Waals surface area contributed by atoms with Crippen molar-refractivity contribution in [2.75, 3.05) is 39.8 Å². The first-order chi connectivity index (χ1) is 14.6. The Morgan fingerprint density at radius 2 is 1.83 bits per heavy atom. The Bertz CT molecular complexity index is 705. The molecule has 2 aliphatic rings. The number of hydrogen-bond acceptors (Lipinski definition) is 4. The van der Waals surface area contributed by atoms with Gasteiger partial charge in [0.25, 0.3) is 0 Å². The van der Waals surface area contributed by atoms with Crippen molar-refractivity contribution in [3.8, 4) is 0 Å². The van der Waals surface area contributed by atoms with Gasteiger partial charge in [0.1, 0.15) is 0 Å². The number of ether oxygens (including phenoxy) is 1. The van der Waals surface area contributed by atoms with Gasteiger partial charge in [-0.3, -0.25) is 14.7 Å². The summed E-state index contributed by atoms with van der Waals surface area (Å²) in [6, 6.07) is 8.88. The Morgan fingerprint density at radius 3 is 2.50 bits per heavy atom. The van der Waals surface area contributed by atoms with Crippen LogP contribution in [0.3, 0.4) is 0 Å². The topological polar surface area (TPSA) is 57.2 Å². The number of nitrogens with one attached hydrogen (secondary N) is 1. The van der Waals surface area contributed by atoms with Crippen LogP contribution in [0.4, 0.5) is 0 Å². The highest BCUT2D eigenvalue weighted by atomic mass is 16.5. The average Bonchev–Trinajstić information content (AvgIpc) is 2.77. The van der Waals surface area contributed by atoms with E-state index in [2.05, 4.69) is 51.3 Å². The molecule has 6 nitrogen and oxygen atoms in total. The van der Waals surface area contributed by atoms with Crippen LogP contribution in [0.5, 0.6) is 0 Å². The number of rotatable bonds is 6. The van der Waals surface area contributed by atoms with Crippen molar-refractivity contribution < 1.29 is 9.53 Å². The van der Waals surface area contributed by atoms with E-state index in [1.807, 2.05) is 14.0 Å². The molecule has 0 saturated carbocycles. The van der Waals surface area contributed by atoms with E-state index in [1.54, 1.807) is 0 Å². The van der Waals surface area contributed by atoms with E-state index in [1.165, 1.54) is 37.1 Å². The van der Waals surface area contributed by atoms with Crippen LogP contribution in [0.2, 0.25) is 0 Å². The molecule has 1 N–H and O–H groups in total. The van der Waals surface area contributed by atoms with Crippen LogP contribution < -0.4 is 5.32 Å². The monoisotopic (exact) mass is 414 g/mol. The molecule has 2 aliphatic heterocycles. The molecule has 30 heavy (non-hydrogen) atoms. The van der Waals surface area contributed by atoms with E-state index >= 15 is 0 Å². The SMILES string of the molecule is CCOC(=O)C1CCN(C(=NC)NCc2cccc(CN3CCC(C)CC3)c2)CC1. The number of benzene rings is 1. The molecule has 2 fully saturated rings. The number of likely N-dealkylation sites (tertiary alicyclic amines) is 2. The second-order valence-corrected chi connectivity index (χ2v) is 8.69. The second kappa shape index (κ2) is 11.3. The molecule has 0 bridgehead atoms. The second-order valence-electron chi connectivity index (χ2n) is 8.69. The summed E-state index contributed by atoms with van der Waals surface area (Å²) in [5.41, 5.74) is 2.66. The van der Waals surface area contributed by atoms with E-state index < -0.39 is 0 Å². The molecule has 0 radical (unpaired) electrons. The normalized spacial score (nSPS) is 19.7. The summed E-state index contributed by atoms with van der Waals surface area (Å²) in [4.78, 5) is 21.2. The first-order valence-electron chi connectivity index (χ1n) is 11.5. The molecular weight excluding hydrogens is 376 g/mol. The van der Waals surface area contributed by atoms with Crippen molar-refractivity contribution in [2.45, 2.75) is 52.6 Å². The van der Waals surface area contributed by atoms with Gasteiger partial charge in [-0.25, -0.2) is 0 Å². The molecule has 0 aromatic heterocycles. The van der Waals surface area contributed by atoms with Gasteiger partial charge >= 0.3 is 5.97 Å². The van der Waals surface area contributed by atoms with Gasteiger partial charge in [-0.15, -0.1) is 0 Å². The maximum atomic E-state index is 12.0. The summed E-state index contributed by atoms with van der Waals surface area (Å²) in [5.74, 6) is 1.74. The number of esters is 1. The highest BCUT2D eigenvalue weighted by Crippen LogP contribution is 2.20. The van der Waals surface area contributed by atoms with Gasteiger partial charge in [-0.2, -0.15) is 0 Å². The molecule has 3 rings (SSSR count). The predicted molar refractivity (Wildman–Crippen MR) is 121 cm³/mol. The van der Waals surface area contributed by atoms with Gasteiger partial charge in [0.2, 0.25) is 0 Å². The summed E-state index contributed by atoms with van der Waals surface area (Å²) in [5, 5.41) is 3.51. The third-order valence-corrected chi connectivity index (χ3v) is 6.35. The van der Waals surface area contributed by atoms with Crippen LogP contribution in [0.1, 0.15) is 50.7 Å². The third-order valence-electron chi connectivity index (χ3n) is 6.35. The number of carbonyl (C=O) groups excluding carboxylic acids is 1. The zero-order valence-corrected chi connectivity index (χ0v) is 18.9. The van der Waals surface area contributed by atoms with E-state index in [0.29, 0.717) is 6.61 Å². The van der Waals surface area contributed by atoms with E-state index in [9.17, 15) is 4.79 Å². The number of carbonyl (C=O) groups is 1. The molecule has 1 aromatic carbocycles. The summed E-state index contributed by atoms with van der Waals surface area (Å²) in [7, 11) is 1.83. The smallest absolute Gasteiger partial charge is 0.309 e. The van der Waals surface area contributed by atoms with E-state index in [-0.39, 0.29) is 11.9 Å². The number of piperidine rings is 2. The van der Waals surface area contributed by atoms with Gasteiger partial charge in [-0.05, 0) is 62.7 Å². The Balaban J connectivity index is 1.48. The predicted octanol–water partition coefficient (Wildman–Crippen LogP) is 3.27. The van der Waals surface area contributed by atoms with E-state index in [4.69, 9.17) is 4.74 Å². The van der Waals surface area contributed by atoms with Crippen molar-refractivity contribution in [3.63, 3.8) is 0 Å². The zero-order valence-electron chi connectivity index (χ0n) is 18.9. The summed E-state index contributed by atoms with van der Waals surface area (Å²) >= 11 is 0. The molecule has 0 aliphatic carbocycles.